The molecular formula is C9H22NO+. The maximum Gasteiger partial charge on any atom is 0.102 e. The summed E-state index contributed by atoms with van der Waals surface area (Å²) in [5, 5.41) is 0. The van der Waals surface area contributed by atoms with Gasteiger partial charge in [-0.1, -0.05) is 0 Å². The maximum atomic E-state index is 5.09. The van der Waals surface area contributed by atoms with Crippen molar-refractivity contribution in [3.8, 4) is 0 Å². The van der Waals surface area contributed by atoms with Crippen LogP contribution in [0, 0.1) is 0 Å². The zero-order valence-electron chi connectivity index (χ0n) is 8.39. The minimum atomic E-state index is 0.884. The number of hydrogen-bond donors (Lipinski definition) is 0. The third-order valence-electron chi connectivity index (χ3n) is 2.78. The standard InChI is InChI=1S/C9H22NO/c1-5-10(6-2,7-3)8-9-11-4/h5-9H2,1-4H3/q+1. The zero-order chi connectivity index (χ0) is 8.74. The van der Waals surface area contributed by atoms with Gasteiger partial charge in [-0.2, -0.15) is 0 Å². The average Bonchev–Trinajstić information content (AvgIpc) is 2.08. The van der Waals surface area contributed by atoms with Gasteiger partial charge in [-0.05, 0) is 20.8 Å². The van der Waals surface area contributed by atoms with Crippen molar-refractivity contribution in [3.63, 3.8) is 0 Å². The van der Waals surface area contributed by atoms with Gasteiger partial charge in [-0.25, -0.2) is 0 Å². The van der Waals surface area contributed by atoms with Crippen molar-refractivity contribution < 1.29 is 9.22 Å². The molecule has 0 saturated carbocycles. The SMILES string of the molecule is CC[N+](CC)(CC)CCOC. The second kappa shape index (κ2) is 5.56. The van der Waals surface area contributed by atoms with Crippen LogP contribution in [0.4, 0.5) is 0 Å². The van der Waals surface area contributed by atoms with Crippen LogP contribution in [0.1, 0.15) is 20.8 Å². The van der Waals surface area contributed by atoms with Gasteiger partial charge in [0, 0.05) is 7.11 Å². The van der Waals surface area contributed by atoms with Gasteiger partial charge in [0.2, 0.25) is 0 Å². The summed E-state index contributed by atoms with van der Waals surface area (Å²) in [6.45, 7) is 12.5. The predicted octanol–water partition coefficient (Wildman–Crippen LogP) is 1.51. The fraction of sp³-hybridized carbons (Fsp3) is 1.00. The summed E-state index contributed by atoms with van der Waals surface area (Å²) in [6.07, 6.45) is 0. The van der Waals surface area contributed by atoms with Crippen molar-refractivity contribution in [1.29, 1.82) is 0 Å². The molecule has 11 heavy (non-hydrogen) atoms. The Labute approximate surface area is 70.7 Å². The number of ether oxygens (including phenoxy) is 1. The second-order valence-corrected chi connectivity index (χ2v) is 3.01. The first-order valence-corrected chi connectivity index (χ1v) is 4.58. The van der Waals surface area contributed by atoms with Gasteiger partial charge in [-0.3, -0.25) is 0 Å². The Bertz CT molecular complexity index is 81.3. The first kappa shape index (κ1) is 10.9. The molecule has 0 unspecified atom stereocenters. The summed E-state index contributed by atoms with van der Waals surface area (Å²) < 4.78 is 6.28. The summed E-state index contributed by atoms with van der Waals surface area (Å²) >= 11 is 0. The minimum Gasteiger partial charge on any atom is -0.379 e. The van der Waals surface area contributed by atoms with E-state index in [1.54, 1.807) is 7.11 Å². The molecule has 0 aromatic rings. The van der Waals surface area contributed by atoms with E-state index in [-0.39, 0.29) is 0 Å². The topological polar surface area (TPSA) is 9.23 Å². The van der Waals surface area contributed by atoms with Crippen LogP contribution < -0.4 is 0 Å². The van der Waals surface area contributed by atoms with Crippen LogP contribution in [0.5, 0.6) is 0 Å². The van der Waals surface area contributed by atoms with E-state index in [1.165, 1.54) is 24.1 Å². The number of nitrogens with zero attached hydrogens (tertiary/aromatic N) is 1. The molecule has 0 N–H and O–H groups in total. The van der Waals surface area contributed by atoms with Gasteiger partial charge in [0.25, 0.3) is 0 Å². The summed E-state index contributed by atoms with van der Waals surface area (Å²) in [4.78, 5) is 0. The molecule has 0 spiro atoms. The van der Waals surface area contributed by atoms with Crippen LogP contribution in [-0.4, -0.2) is 44.4 Å². The van der Waals surface area contributed by atoms with Crippen LogP contribution >= 0.6 is 0 Å². The highest BCUT2D eigenvalue weighted by molar-refractivity contribution is 4.36. The summed E-state index contributed by atoms with van der Waals surface area (Å²) in [5.41, 5.74) is 0. The highest BCUT2D eigenvalue weighted by atomic mass is 16.5. The fourth-order valence-corrected chi connectivity index (χ4v) is 1.43. The molecule has 0 aliphatic heterocycles. The molecule has 0 aliphatic carbocycles. The van der Waals surface area contributed by atoms with Crippen LogP contribution in [0.15, 0.2) is 0 Å². The first-order valence-electron chi connectivity index (χ1n) is 4.58. The smallest absolute Gasteiger partial charge is 0.102 e. The number of quaternary nitrogens is 1. The highest BCUT2D eigenvalue weighted by Crippen LogP contribution is 2.04. The van der Waals surface area contributed by atoms with E-state index in [2.05, 4.69) is 20.8 Å². The lowest BCUT2D eigenvalue weighted by Gasteiger charge is -2.35. The van der Waals surface area contributed by atoms with Crippen molar-refractivity contribution in [2.45, 2.75) is 20.8 Å². The molecule has 0 bridgehead atoms. The summed E-state index contributed by atoms with van der Waals surface area (Å²) in [5.74, 6) is 0. The molecule has 0 heterocycles. The third kappa shape index (κ3) is 3.21. The number of likely N-dealkylation sites (N-methyl/N-ethyl adjacent to an activating group) is 1. The van der Waals surface area contributed by atoms with E-state index in [0.717, 1.165) is 13.2 Å². The van der Waals surface area contributed by atoms with E-state index >= 15 is 0 Å². The largest absolute Gasteiger partial charge is 0.379 e. The predicted molar refractivity (Wildman–Crippen MR) is 48.6 cm³/mol. The monoisotopic (exact) mass is 160 g/mol. The second-order valence-electron chi connectivity index (χ2n) is 3.01. The average molecular weight is 160 g/mol. The minimum absolute atomic E-state index is 0.884. The first-order chi connectivity index (χ1) is 5.24. The van der Waals surface area contributed by atoms with Crippen LogP contribution in [-0.2, 0) is 4.74 Å². The van der Waals surface area contributed by atoms with E-state index in [4.69, 9.17) is 4.74 Å². The molecule has 0 amide bonds. The molecule has 0 fully saturated rings. The van der Waals surface area contributed by atoms with Crippen LogP contribution in [0.25, 0.3) is 0 Å². The molecule has 0 saturated heterocycles. The van der Waals surface area contributed by atoms with Gasteiger partial charge in [-0.15, -0.1) is 0 Å². The molecule has 0 radical (unpaired) electrons. The lowest BCUT2D eigenvalue weighted by molar-refractivity contribution is -0.923. The van der Waals surface area contributed by atoms with Crippen molar-refractivity contribution in [3.05, 3.63) is 0 Å². The quantitative estimate of drug-likeness (QED) is 0.535. The van der Waals surface area contributed by atoms with Gasteiger partial charge in [0.15, 0.2) is 0 Å². The molecule has 0 aromatic carbocycles. The van der Waals surface area contributed by atoms with Crippen molar-refractivity contribution in [2.24, 2.45) is 0 Å². The Morgan fingerprint density at radius 2 is 1.45 bits per heavy atom. The fourth-order valence-electron chi connectivity index (χ4n) is 1.43. The Balaban J connectivity index is 3.84. The Kier molecular flexibility index (Phi) is 5.51. The molecule has 0 aliphatic rings. The normalized spacial score (nSPS) is 12.0. The summed E-state index contributed by atoms with van der Waals surface area (Å²) in [7, 11) is 1.77. The highest BCUT2D eigenvalue weighted by Gasteiger charge is 2.19. The van der Waals surface area contributed by atoms with E-state index < -0.39 is 0 Å². The molecule has 2 nitrogen and oxygen atoms in total. The van der Waals surface area contributed by atoms with Crippen molar-refractivity contribution in [1.82, 2.24) is 0 Å². The van der Waals surface area contributed by atoms with E-state index in [0.29, 0.717) is 0 Å². The Hall–Kier alpha value is -0.0800. The molecular weight excluding hydrogens is 138 g/mol. The van der Waals surface area contributed by atoms with Crippen LogP contribution in [0.2, 0.25) is 0 Å². The van der Waals surface area contributed by atoms with Crippen molar-refractivity contribution >= 4 is 0 Å². The lowest BCUT2D eigenvalue weighted by atomic mass is 10.3. The van der Waals surface area contributed by atoms with E-state index in [9.17, 15) is 0 Å². The Morgan fingerprint density at radius 1 is 1.00 bits per heavy atom. The zero-order valence-corrected chi connectivity index (χ0v) is 8.39. The number of hydrogen-bond acceptors (Lipinski definition) is 1. The maximum absolute atomic E-state index is 5.09. The van der Waals surface area contributed by atoms with Gasteiger partial charge >= 0.3 is 0 Å². The summed E-state index contributed by atoms with van der Waals surface area (Å²) in [6, 6.07) is 0. The number of methoxy groups -OCH3 is 1. The van der Waals surface area contributed by atoms with Crippen LogP contribution in [0.3, 0.4) is 0 Å². The van der Waals surface area contributed by atoms with Gasteiger partial charge in [0.05, 0.1) is 26.2 Å². The molecule has 0 atom stereocenters. The molecule has 0 aromatic heterocycles. The molecule has 0 rings (SSSR count). The van der Waals surface area contributed by atoms with Gasteiger partial charge < -0.3 is 9.22 Å². The van der Waals surface area contributed by atoms with Crippen molar-refractivity contribution in [2.75, 3.05) is 39.9 Å². The van der Waals surface area contributed by atoms with E-state index in [1.807, 2.05) is 0 Å². The molecule has 68 valence electrons. The molecule has 2 heteroatoms. The third-order valence-corrected chi connectivity index (χ3v) is 2.78. The Morgan fingerprint density at radius 3 is 1.73 bits per heavy atom. The number of rotatable bonds is 6. The van der Waals surface area contributed by atoms with Gasteiger partial charge in [0.1, 0.15) is 6.54 Å². The lowest BCUT2D eigenvalue weighted by Crippen LogP contribution is -2.49.